The molecule has 0 saturated heterocycles. The van der Waals surface area contributed by atoms with E-state index in [1.54, 1.807) is 48.7 Å². The molecule has 0 unspecified atom stereocenters. The van der Waals surface area contributed by atoms with Gasteiger partial charge >= 0.3 is 5.97 Å². The van der Waals surface area contributed by atoms with Crippen LogP contribution in [0.1, 0.15) is 17.3 Å². The highest BCUT2D eigenvalue weighted by atomic mass is 16.5. The summed E-state index contributed by atoms with van der Waals surface area (Å²) < 4.78 is 5.20. The second kappa shape index (κ2) is 9.79. The molecular formula is C17H17N3O2. The Kier molecular flexibility index (Phi) is 7.57. The van der Waals surface area contributed by atoms with E-state index in [4.69, 9.17) is 15.3 Å². The molecule has 1 aromatic rings. The van der Waals surface area contributed by atoms with Gasteiger partial charge in [-0.3, -0.25) is 0 Å². The molecule has 0 amide bonds. The molecule has 0 spiro atoms. The predicted octanol–water partition coefficient (Wildman–Crippen LogP) is 2.65. The highest BCUT2D eigenvalue weighted by Gasteiger charge is 2.06. The molecular weight excluding hydrogens is 278 g/mol. The fraction of sp³-hybridized carbons (Fsp3) is 0.235. The Morgan fingerprint density at radius 3 is 2.55 bits per heavy atom. The molecule has 1 aromatic carbocycles. The first kappa shape index (κ1) is 17.0. The van der Waals surface area contributed by atoms with E-state index in [2.05, 4.69) is 0 Å². The molecule has 0 aliphatic rings. The maximum atomic E-state index is 11.8. The number of nitrogens with zero attached hydrogens (tertiary/aromatic N) is 3. The summed E-state index contributed by atoms with van der Waals surface area (Å²) in [7, 11) is 0. The van der Waals surface area contributed by atoms with Gasteiger partial charge in [0.25, 0.3) is 0 Å². The fourth-order valence-electron chi connectivity index (χ4n) is 1.61. The first-order valence-corrected chi connectivity index (χ1v) is 6.86. The van der Waals surface area contributed by atoms with Crippen molar-refractivity contribution in [1.82, 2.24) is 4.90 Å². The maximum Gasteiger partial charge on any atom is 0.338 e. The van der Waals surface area contributed by atoms with Crippen LogP contribution in [0.5, 0.6) is 0 Å². The molecule has 112 valence electrons. The van der Waals surface area contributed by atoms with Gasteiger partial charge in [-0.05, 0) is 37.4 Å². The van der Waals surface area contributed by atoms with Crippen molar-refractivity contribution in [1.29, 1.82) is 10.5 Å². The Morgan fingerprint density at radius 2 is 1.95 bits per heavy atom. The number of benzene rings is 1. The van der Waals surface area contributed by atoms with Crippen molar-refractivity contribution < 1.29 is 9.53 Å². The highest BCUT2D eigenvalue weighted by Crippen LogP contribution is 2.01. The zero-order valence-electron chi connectivity index (χ0n) is 12.4. The molecule has 0 bridgehead atoms. The molecule has 5 heteroatoms. The molecule has 0 fully saturated rings. The van der Waals surface area contributed by atoms with Gasteiger partial charge in [-0.2, -0.15) is 10.5 Å². The Bertz CT molecular complexity index is 606. The molecule has 0 heterocycles. The maximum absolute atomic E-state index is 11.8. The molecule has 0 saturated carbocycles. The van der Waals surface area contributed by atoms with Crippen LogP contribution in [0.2, 0.25) is 0 Å². The Labute approximate surface area is 130 Å². The van der Waals surface area contributed by atoms with Crippen molar-refractivity contribution in [3.8, 4) is 12.1 Å². The lowest BCUT2D eigenvalue weighted by Gasteiger charge is -2.17. The van der Waals surface area contributed by atoms with E-state index in [1.807, 2.05) is 17.9 Å². The minimum atomic E-state index is -0.350. The Hall–Kier alpha value is -3.05. The zero-order valence-corrected chi connectivity index (χ0v) is 12.4. The van der Waals surface area contributed by atoms with Gasteiger partial charge in [0.05, 0.1) is 12.1 Å². The number of likely N-dealkylation sites (N-methyl/N-ethyl adjacent to an activating group) is 1. The van der Waals surface area contributed by atoms with Gasteiger partial charge in [-0.25, -0.2) is 4.79 Å². The summed E-state index contributed by atoms with van der Waals surface area (Å²) >= 11 is 0. The van der Waals surface area contributed by atoms with E-state index in [9.17, 15) is 4.79 Å². The fourth-order valence-corrected chi connectivity index (χ4v) is 1.61. The number of esters is 1. The topological polar surface area (TPSA) is 77.1 Å². The van der Waals surface area contributed by atoms with Crippen molar-refractivity contribution >= 4 is 5.97 Å². The summed E-state index contributed by atoms with van der Waals surface area (Å²) in [5.74, 6) is -0.350. The molecule has 5 nitrogen and oxygen atoms in total. The van der Waals surface area contributed by atoms with Crippen LogP contribution < -0.4 is 0 Å². The van der Waals surface area contributed by atoms with E-state index in [1.165, 1.54) is 6.08 Å². The SMILES string of the molecule is CCN(C=CC=C(C#N)C#N)CCOC(=O)c1ccccc1. The quantitative estimate of drug-likeness (QED) is 0.439. The standard InChI is InChI=1S/C17H17N3O2/c1-2-20(10-6-7-15(13-18)14-19)11-12-22-17(21)16-8-4-3-5-9-16/h3-10H,2,11-12H2,1H3. The van der Waals surface area contributed by atoms with E-state index in [0.29, 0.717) is 12.1 Å². The van der Waals surface area contributed by atoms with E-state index in [-0.39, 0.29) is 18.1 Å². The third-order valence-corrected chi connectivity index (χ3v) is 2.83. The summed E-state index contributed by atoms with van der Waals surface area (Å²) in [6.45, 7) is 3.48. The second-order valence-corrected chi connectivity index (χ2v) is 4.28. The molecule has 0 N–H and O–H groups in total. The minimum Gasteiger partial charge on any atom is -0.460 e. The molecule has 0 aromatic heterocycles. The smallest absolute Gasteiger partial charge is 0.338 e. The van der Waals surface area contributed by atoms with Gasteiger partial charge in [0.15, 0.2) is 0 Å². The van der Waals surface area contributed by atoms with Gasteiger partial charge in [0, 0.05) is 6.54 Å². The largest absolute Gasteiger partial charge is 0.460 e. The van der Waals surface area contributed by atoms with Crippen LogP contribution in [0.15, 0.2) is 54.3 Å². The number of carbonyl (C=O) groups excluding carboxylic acids is 1. The van der Waals surface area contributed by atoms with Gasteiger partial charge in [-0.1, -0.05) is 18.2 Å². The van der Waals surface area contributed by atoms with Crippen LogP contribution in [0, 0.1) is 22.7 Å². The minimum absolute atomic E-state index is 0.0443. The van der Waals surface area contributed by atoms with Crippen molar-refractivity contribution in [3.05, 3.63) is 59.8 Å². The molecule has 0 aliphatic carbocycles. The first-order chi connectivity index (χ1) is 10.7. The lowest BCUT2D eigenvalue weighted by atomic mass is 10.2. The monoisotopic (exact) mass is 295 g/mol. The van der Waals surface area contributed by atoms with Crippen LogP contribution in [-0.2, 0) is 4.74 Å². The van der Waals surface area contributed by atoms with Crippen LogP contribution in [-0.4, -0.2) is 30.6 Å². The second-order valence-electron chi connectivity index (χ2n) is 4.28. The summed E-state index contributed by atoms with van der Waals surface area (Å²) in [4.78, 5) is 13.7. The number of allylic oxidation sites excluding steroid dienone is 3. The number of rotatable bonds is 7. The summed E-state index contributed by atoms with van der Waals surface area (Å²) in [6.07, 6.45) is 4.83. The number of nitriles is 2. The Balaban J connectivity index is 2.44. The highest BCUT2D eigenvalue weighted by molar-refractivity contribution is 5.89. The molecule has 0 atom stereocenters. The summed E-state index contributed by atoms with van der Waals surface area (Å²) in [5.41, 5.74) is 0.569. The zero-order chi connectivity index (χ0) is 16.2. The molecule has 22 heavy (non-hydrogen) atoms. The lowest BCUT2D eigenvalue weighted by molar-refractivity contribution is 0.0481. The van der Waals surface area contributed by atoms with Gasteiger partial charge in [-0.15, -0.1) is 0 Å². The van der Waals surface area contributed by atoms with Gasteiger partial charge < -0.3 is 9.64 Å². The predicted molar refractivity (Wildman–Crippen MR) is 82.4 cm³/mol. The van der Waals surface area contributed by atoms with E-state index >= 15 is 0 Å². The Morgan fingerprint density at radius 1 is 1.27 bits per heavy atom. The molecule has 1 rings (SSSR count). The third-order valence-electron chi connectivity index (χ3n) is 2.83. The van der Waals surface area contributed by atoms with Gasteiger partial charge in [0.1, 0.15) is 24.3 Å². The first-order valence-electron chi connectivity index (χ1n) is 6.86. The van der Waals surface area contributed by atoms with Crippen molar-refractivity contribution in [2.45, 2.75) is 6.92 Å². The average Bonchev–Trinajstić information content (AvgIpc) is 2.57. The number of hydrogen-bond donors (Lipinski definition) is 0. The van der Waals surface area contributed by atoms with Crippen molar-refractivity contribution in [3.63, 3.8) is 0 Å². The normalized spacial score (nSPS) is 9.59. The average molecular weight is 295 g/mol. The van der Waals surface area contributed by atoms with Crippen LogP contribution in [0.4, 0.5) is 0 Å². The van der Waals surface area contributed by atoms with E-state index < -0.39 is 0 Å². The van der Waals surface area contributed by atoms with E-state index in [0.717, 1.165) is 6.54 Å². The van der Waals surface area contributed by atoms with Gasteiger partial charge in [0.2, 0.25) is 0 Å². The third kappa shape index (κ3) is 5.94. The molecule has 0 radical (unpaired) electrons. The number of carbonyl (C=O) groups is 1. The van der Waals surface area contributed by atoms with Crippen molar-refractivity contribution in [2.24, 2.45) is 0 Å². The molecule has 0 aliphatic heterocycles. The van der Waals surface area contributed by atoms with Crippen LogP contribution in [0.25, 0.3) is 0 Å². The lowest BCUT2D eigenvalue weighted by Crippen LogP contribution is -2.23. The van der Waals surface area contributed by atoms with Crippen LogP contribution >= 0.6 is 0 Å². The number of hydrogen-bond acceptors (Lipinski definition) is 5. The summed E-state index contributed by atoms with van der Waals surface area (Å²) in [6, 6.07) is 12.4. The summed E-state index contributed by atoms with van der Waals surface area (Å²) in [5, 5.41) is 17.2. The number of ether oxygens (including phenoxy) is 1. The van der Waals surface area contributed by atoms with Crippen molar-refractivity contribution in [2.75, 3.05) is 19.7 Å². The van der Waals surface area contributed by atoms with Crippen LogP contribution in [0.3, 0.4) is 0 Å².